The summed E-state index contributed by atoms with van der Waals surface area (Å²) in [5.74, 6) is 0.183. The maximum absolute atomic E-state index is 11.9. The molecule has 1 rings (SSSR count). The molecule has 0 unspecified atom stereocenters. The van der Waals surface area contributed by atoms with Crippen molar-refractivity contribution in [2.24, 2.45) is 0 Å². The molecule has 1 aromatic rings. The van der Waals surface area contributed by atoms with Gasteiger partial charge in [0.05, 0.1) is 17.7 Å². The zero-order chi connectivity index (χ0) is 15.4. The number of methoxy groups -OCH3 is 1. The summed E-state index contributed by atoms with van der Waals surface area (Å²) in [6, 6.07) is 3.81. The van der Waals surface area contributed by atoms with Crippen molar-refractivity contribution in [3.05, 3.63) is 18.2 Å². The van der Waals surface area contributed by atoms with Crippen molar-refractivity contribution in [2.75, 3.05) is 19.4 Å². The first-order chi connectivity index (χ1) is 9.15. The van der Waals surface area contributed by atoms with Gasteiger partial charge in [-0.25, -0.2) is 13.1 Å². The van der Waals surface area contributed by atoms with E-state index in [9.17, 15) is 21.6 Å². The Balaban J connectivity index is 2.69. The van der Waals surface area contributed by atoms with E-state index in [2.05, 4.69) is 4.72 Å². The highest BCUT2D eigenvalue weighted by molar-refractivity contribution is 7.89. The summed E-state index contributed by atoms with van der Waals surface area (Å²) in [4.78, 5) is -0.115. The van der Waals surface area contributed by atoms with Crippen molar-refractivity contribution in [2.45, 2.75) is 23.9 Å². The minimum atomic E-state index is -4.30. The zero-order valence-electron chi connectivity index (χ0n) is 10.7. The van der Waals surface area contributed by atoms with Crippen LogP contribution < -0.4 is 15.2 Å². The fourth-order valence-electron chi connectivity index (χ4n) is 1.44. The van der Waals surface area contributed by atoms with Crippen LogP contribution in [-0.4, -0.2) is 28.2 Å². The van der Waals surface area contributed by atoms with Crippen LogP contribution in [0.1, 0.15) is 12.8 Å². The van der Waals surface area contributed by atoms with Gasteiger partial charge in [-0.2, -0.15) is 13.2 Å². The highest BCUT2D eigenvalue weighted by Gasteiger charge is 2.26. The quantitative estimate of drug-likeness (QED) is 0.621. The Morgan fingerprint density at radius 1 is 1.35 bits per heavy atom. The number of ether oxygens (including phenoxy) is 1. The molecule has 0 atom stereocenters. The lowest BCUT2D eigenvalue weighted by Gasteiger charge is -2.10. The van der Waals surface area contributed by atoms with Gasteiger partial charge >= 0.3 is 6.18 Å². The topological polar surface area (TPSA) is 81.4 Å². The van der Waals surface area contributed by atoms with Crippen molar-refractivity contribution >= 4 is 15.7 Å². The van der Waals surface area contributed by atoms with E-state index < -0.39 is 22.6 Å². The molecule has 0 radical (unpaired) electrons. The first kappa shape index (κ1) is 16.6. The minimum Gasteiger partial charge on any atom is -0.495 e. The Labute approximate surface area is 115 Å². The SMILES string of the molecule is COc1cc(S(=O)(=O)NCCCC(F)(F)F)ccc1N. The van der Waals surface area contributed by atoms with E-state index in [1.165, 1.54) is 25.3 Å². The third-order valence-electron chi connectivity index (χ3n) is 2.44. The normalized spacial score (nSPS) is 12.4. The predicted molar refractivity (Wildman–Crippen MR) is 67.9 cm³/mol. The van der Waals surface area contributed by atoms with Crippen molar-refractivity contribution in [3.63, 3.8) is 0 Å². The molecule has 1 aromatic carbocycles. The molecule has 0 amide bonds. The number of nitrogen functional groups attached to an aromatic ring is 1. The molecule has 0 aliphatic carbocycles. The second-order valence-electron chi connectivity index (χ2n) is 4.02. The molecule has 5 nitrogen and oxygen atoms in total. The molecule has 0 spiro atoms. The number of rotatable bonds is 6. The van der Waals surface area contributed by atoms with Crippen molar-refractivity contribution < 1.29 is 26.3 Å². The number of anilines is 1. The molecule has 114 valence electrons. The Hall–Kier alpha value is -1.48. The number of hydrogen-bond acceptors (Lipinski definition) is 4. The molecule has 3 N–H and O–H groups in total. The smallest absolute Gasteiger partial charge is 0.389 e. The highest BCUT2D eigenvalue weighted by Crippen LogP contribution is 2.25. The van der Waals surface area contributed by atoms with Gasteiger partial charge in [0.15, 0.2) is 0 Å². The third kappa shape index (κ3) is 4.89. The average Bonchev–Trinajstić information content (AvgIpc) is 2.34. The summed E-state index contributed by atoms with van der Waals surface area (Å²) in [5, 5.41) is 0. The molecule has 9 heteroatoms. The van der Waals surface area contributed by atoms with Crippen LogP contribution in [0.15, 0.2) is 23.1 Å². The molecule has 20 heavy (non-hydrogen) atoms. The molecular weight excluding hydrogens is 297 g/mol. The van der Waals surface area contributed by atoms with Crippen LogP contribution in [0.25, 0.3) is 0 Å². The molecular formula is C11H15F3N2O3S. The molecule has 0 aliphatic rings. The molecule has 0 aliphatic heterocycles. The monoisotopic (exact) mass is 312 g/mol. The zero-order valence-corrected chi connectivity index (χ0v) is 11.5. The lowest BCUT2D eigenvalue weighted by Crippen LogP contribution is -2.26. The largest absolute Gasteiger partial charge is 0.495 e. The Bertz CT molecular complexity index is 559. The maximum atomic E-state index is 11.9. The highest BCUT2D eigenvalue weighted by atomic mass is 32.2. The third-order valence-corrected chi connectivity index (χ3v) is 3.90. The van der Waals surface area contributed by atoms with Crippen LogP contribution in [0.2, 0.25) is 0 Å². The Morgan fingerprint density at radius 3 is 2.55 bits per heavy atom. The van der Waals surface area contributed by atoms with Crippen LogP contribution >= 0.6 is 0 Å². The van der Waals surface area contributed by atoms with Crippen LogP contribution in [0, 0.1) is 0 Å². The molecule has 0 heterocycles. The van der Waals surface area contributed by atoms with Gasteiger partial charge in [-0.05, 0) is 18.6 Å². The van der Waals surface area contributed by atoms with Gasteiger partial charge in [0.1, 0.15) is 5.75 Å². The van der Waals surface area contributed by atoms with Crippen molar-refractivity contribution in [1.82, 2.24) is 4.72 Å². The van der Waals surface area contributed by atoms with E-state index in [1.54, 1.807) is 0 Å². The van der Waals surface area contributed by atoms with Gasteiger partial charge in [0.25, 0.3) is 0 Å². The lowest BCUT2D eigenvalue weighted by molar-refractivity contribution is -0.135. The number of hydrogen-bond donors (Lipinski definition) is 2. The Kier molecular flexibility index (Phi) is 5.23. The standard InChI is InChI=1S/C11H15F3N2O3S/c1-19-10-7-8(3-4-9(10)15)20(17,18)16-6-2-5-11(12,13)14/h3-4,7,16H,2,5-6,15H2,1H3. The predicted octanol–water partition coefficient (Wildman–Crippen LogP) is 1.90. The Morgan fingerprint density at radius 2 is 2.00 bits per heavy atom. The van der Waals surface area contributed by atoms with Crippen LogP contribution in [0.4, 0.5) is 18.9 Å². The molecule has 0 fully saturated rings. The number of nitrogens with two attached hydrogens (primary N) is 1. The fourth-order valence-corrected chi connectivity index (χ4v) is 2.53. The van der Waals surface area contributed by atoms with Gasteiger partial charge in [-0.15, -0.1) is 0 Å². The van der Waals surface area contributed by atoms with E-state index >= 15 is 0 Å². The summed E-state index contributed by atoms with van der Waals surface area (Å²) < 4.78 is 66.5. The molecule has 0 saturated carbocycles. The number of sulfonamides is 1. The van der Waals surface area contributed by atoms with E-state index in [0.717, 1.165) is 0 Å². The number of alkyl halides is 3. The van der Waals surface area contributed by atoms with Gasteiger partial charge in [0, 0.05) is 19.0 Å². The summed E-state index contributed by atoms with van der Waals surface area (Å²) in [5.41, 5.74) is 5.81. The van der Waals surface area contributed by atoms with Crippen LogP contribution in [-0.2, 0) is 10.0 Å². The number of halogens is 3. The summed E-state index contributed by atoms with van der Waals surface area (Å²) in [6.45, 7) is -0.297. The van der Waals surface area contributed by atoms with E-state index in [0.29, 0.717) is 0 Å². The number of nitrogens with one attached hydrogen (secondary N) is 1. The van der Waals surface area contributed by atoms with Gasteiger partial charge in [-0.1, -0.05) is 0 Å². The van der Waals surface area contributed by atoms with Gasteiger partial charge < -0.3 is 10.5 Å². The van der Waals surface area contributed by atoms with E-state index in [-0.39, 0.29) is 29.3 Å². The van der Waals surface area contributed by atoms with Crippen molar-refractivity contribution in [3.8, 4) is 5.75 Å². The van der Waals surface area contributed by atoms with E-state index in [4.69, 9.17) is 10.5 Å². The second kappa shape index (κ2) is 6.31. The fraction of sp³-hybridized carbons (Fsp3) is 0.455. The minimum absolute atomic E-state index is 0.115. The summed E-state index contributed by atoms with van der Waals surface area (Å²) in [6.07, 6.45) is -5.66. The molecule has 0 saturated heterocycles. The van der Waals surface area contributed by atoms with Gasteiger partial charge in [-0.3, -0.25) is 0 Å². The average molecular weight is 312 g/mol. The first-order valence-electron chi connectivity index (χ1n) is 5.65. The van der Waals surface area contributed by atoms with Crippen LogP contribution in [0.5, 0.6) is 5.75 Å². The second-order valence-corrected chi connectivity index (χ2v) is 5.79. The molecule has 0 bridgehead atoms. The van der Waals surface area contributed by atoms with Crippen molar-refractivity contribution in [1.29, 1.82) is 0 Å². The summed E-state index contributed by atoms with van der Waals surface area (Å²) >= 11 is 0. The van der Waals surface area contributed by atoms with Crippen LogP contribution in [0.3, 0.4) is 0 Å². The van der Waals surface area contributed by atoms with E-state index in [1.807, 2.05) is 0 Å². The maximum Gasteiger partial charge on any atom is 0.389 e. The summed E-state index contributed by atoms with van der Waals surface area (Å²) in [7, 11) is -2.55. The van der Waals surface area contributed by atoms with Gasteiger partial charge in [0.2, 0.25) is 10.0 Å². The lowest BCUT2D eigenvalue weighted by atomic mass is 10.3. The number of benzene rings is 1. The molecule has 0 aromatic heterocycles. The first-order valence-corrected chi connectivity index (χ1v) is 7.14.